The molecular formula is C7H15NOS. The lowest BCUT2D eigenvalue weighted by Gasteiger charge is -2.30. The van der Waals surface area contributed by atoms with E-state index in [0.29, 0.717) is 11.8 Å². The molecule has 1 saturated heterocycles. The molecule has 2 nitrogen and oxygen atoms in total. The van der Waals surface area contributed by atoms with Crippen molar-refractivity contribution in [2.45, 2.75) is 19.9 Å². The molecule has 2 atom stereocenters. The molecular weight excluding hydrogens is 146 g/mol. The first-order chi connectivity index (χ1) is 4.61. The molecule has 0 bridgehead atoms. The minimum Gasteiger partial charge on any atom is -0.327 e. The Hall–Kier alpha value is 0.110. The van der Waals surface area contributed by atoms with Gasteiger partial charge in [-0.2, -0.15) is 0 Å². The normalized spacial score (nSPS) is 49.1. The number of hydrogen-bond acceptors (Lipinski definition) is 2. The van der Waals surface area contributed by atoms with Crippen molar-refractivity contribution in [1.29, 1.82) is 0 Å². The fourth-order valence-electron chi connectivity index (χ4n) is 1.44. The highest BCUT2D eigenvalue weighted by Crippen LogP contribution is 2.19. The van der Waals surface area contributed by atoms with E-state index in [2.05, 4.69) is 13.8 Å². The maximum atomic E-state index is 11.1. The van der Waals surface area contributed by atoms with Crippen molar-refractivity contribution in [3.05, 3.63) is 0 Å². The zero-order valence-electron chi connectivity index (χ0n) is 6.54. The van der Waals surface area contributed by atoms with E-state index in [1.54, 1.807) is 0 Å². The summed E-state index contributed by atoms with van der Waals surface area (Å²) in [4.78, 5) is 0. The summed E-state index contributed by atoms with van der Waals surface area (Å²) in [5, 5.41) is 0. The van der Waals surface area contributed by atoms with Gasteiger partial charge in [0.25, 0.3) is 0 Å². The van der Waals surface area contributed by atoms with Gasteiger partial charge in [-0.3, -0.25) is 4.21 Å². The van der Waals surface area contributed by atoms with Crippen molar-refractivity contribution >= 4 is 10.8 Å². The van der Waals surface area contributed by atoms with Gasteiger partial charge in [-0.05, 0) is 11.8 Å². The molecule has 1 aliphatic heterocycles. The standard InChI is InChI=1S/C7H15NOS/c1-5-3-10(9)4-6(2)7(5)8/h5-7H,3-4,8H2,1-2H3. The Kier molecular flexibility index (Phi) is 2.47. The summed E-state index contributed by atoms with van der Waals surface area (Å²) in [6.45, 7) is 4.16. The maximum Gasteiger partial charge on any atom is 0.0275 e. The van der Waals surface area contributed by atoms with Crippen molar-refractivity contribution in [2.24, 2.45) is 17.6 Å². The molecule has 0 amide bonds. The van der Waals surface area contributed by atoms with Crippen LogP contribution in [0.25, 0.3) is 0 Å². The summed E-state index contributed by atoms with van der Waals surface area (Å²) in [6, 6.07) is 0.262. The van der Waals surface area contributed by atoms with E-state index in [1.807, 2.05) is 0 Å². The number of hydrogen-bond donors (Lipinski definition) is 1. The van der Waals surface area contributed by atoms with Crippen molar-refractivity contribution in [1.82, 2.24) is 0 Å². The second-order valence-electron chi connectivity index (χ2n) is 3.31. The summed E-state index contributed by atoms with van der Waals surface area (Å²) < 4.78 is 11.1. The Morgan fingerprint density at radius 2 is 1.70 bits per heavy atom. The van der Waals surface area contributed by atoms with E-state index in [-0.39, 0.29) is 6.04 Å². The molecule has 0 aromatic carbocycles. The summed E-state index contributed by atoms with van der Waals surface area (Å²) >= 11 is 0. The third-order valence-corrected chi connectivity index (χ3v) is 4.01. The Morgan fingerprint density at radius 3 is 2.10 bits per heavy atom. The zero-order chi connectivity index (χ0) is 7.72. The van der Waals surface area contributed by atoms with Gasteiger partial charge in [0.05, 0.1) is 0 Å². The van der Waals surface area contributed by atoms with E-state index in [0.717, 1.165) is 11.5 Å². The predicted octanol–water partition coefficient (Wildman–Crippen LogP) is 0.348. The first-order valence-corrected chi connectivity index (χ1v) is 5.20. The fraction of sp³-hybridized carbons (Fsp3) is 1.00. The van der Waals surface area contributed by atoms with Crippen LogP contribution in [-0.2, 0) is 10.8 Å². The van der Waals surface area contributed by atoms with Gasteiger partial charge in [0.15, 0.2) is 0 Å². The van der Waals surface area contributed by atoms with Crippen LogP contribution in [0.4, 0.5) is 0 Å². The molecule has 1 aliphatic rings. The van der Waals surface area contributed by atoms with Crippen molar-refractivity contribution in [3.8, 4) is 0 Å². The second-order valence-corrected chi connectivity index (χ2v) is 4.85. The third-order valence-electron chi connectivity index (χ3n) is 2.21. The quantitative estimate of drug-likeness (QED) is 0.557. The van der Waals surface area contributed by atoms with Crippen LogP contribution in [0.1, 0.15) is 13.8 Å². The summed E-state index contributed by atoms with van der Waals surface area (Å²) in [7, 11) is -0.601. The average molecular weight is 161 g/mol. The smallest absolute Gasteiger partial charge is 0.0275 e. The number of rotatable bonds is 0. The van der Waals surface area contributed by atoms with Crippen LogP contribution >= 0.6 is 0 Å². The molecule has 0 radical (unpaired) electrons. The summed E-state index contributed by atoms with van der Waals surface area (Å²) in [5.74, 6) is 2.46. The van der Waals surface area contributed by atoms with Gasteiger partial charge >= 0.3 is 0 Å². The highest BCUT2D eigenvalue weighted by atomic mass is 32.2. The highest BCUT2D eigenvalue weighted by molar-refractivity contribution is 7.85. The molecule has 1 fully saturated rings. The molecule has 0 aromatic rings. The average Bonchev–Trinajstić information content (AvgIpc) is 1.82. The molecule has 10 heavy (non-hydrogen) atoms. The Bertz CT molecular complexity index is 135. The molecule has 3 heteroatoms. The van der Waals surface area contributed by atoms with Gasteiger partial charge in [-0.1, -0.05) is 13.8 Å². The lowest BCUT2D eigenvalue weighted by molar-refractivity contribution is 0.376. The Labute approximate surface area is 64.6 Å². The van der Waals surface area contributed by atoms with Gasteiger partial charge in [0.1, 0.15) is 0 Å². The molecule has 1 heterocycles. The lowest BCUT2D eigenvalue weighted by atomic mass is 9.94. The lowest BCUT2D eigenvalue weighted by Crippen LogP contribution is -2.44. The van der Waals surface area contributed by atoms with Crippen LogP contribution in [0.15, 0.2) is 0 Å². The van der Waals surface area contributed by atoms with Gasteiger partial charge in [-0.25, -0.2) is 0 Å². The molecule has 1 rings (SSSR count). The number of nitrogens with two attached hydrogens (primary N) is 1. The molecule has 0 aromatic heterocycles. The van der Waals surface area contributed by atoms with Crippen molar-refractivity contribution < 1.29 is 4.21 Å². The molecule has 0 saturated carbocycles. The van der Waals surface area contributed by atoms with Crippen LogP contribution in [0.3, 0.4) is 0 Å². The molecule has 60 valence electrons. The van der Waals surface area contributed by atoms with Crippen LogP contribution in [0.5, 0.6) is 0 Å². The molecule has 0 aliphatic carbocycles. The Balaban J connectivity index is 2.57. The topological polar surface area (TPSA) is 43.1 Å². The molecule has 0 spiro atoms. The van der Waals surface area contributed by atoms with E-state index in [4.69, 9.17) is 5.73 Å². The highest BCUT2D eigenvalue weighted by Gasteiger charge is 2.27. The fourth-order valence-corrected chi connectivity index (χ4v) is 3.19. The third kappa shape index (κ3) is 1.58. The predicted molar refractivity (Wildman–Crippen MR) is 44.2 cm³/mol. The van der Waals surface area contributed by atoms with Crippen molar-refractivity contribution in [2.75, 3.05) is 11.5 Å². The first kappa shape index (κ1) is 8.21. The first-order valence-electron chi connectivity index (χ1n) is 3.72. The largest absolute Gasteiger partial charge is 0.327 e. The monoisotopic (exact) mass is 161 g/mol. The van der Waals surface area contributed by atoms with E-state index in [1.165, 1.54) is 0 Å². The van der Waals surface area contributed by atoms with Crippen LogP contribution < -0.4 is 5.73 Å². The van der Waals surface area contributed by atoms with Crippen molar-refractivity contribution in [3.63, 3.8) is 0 Å². The van der Waals surface area contributed by atoms with E-state index in [9.17, 15) is 4.21 Å². The molecule has 2 unspecified atom stereocenters. The van der Waals surface area contributed by atoms with Crippen LogP contribution in [0.2, 0.25) is 0 Å². The zero-order valence-corrected chi connectivity index (χ0v) is 7.36. The summed E-state index contributed by atoms with van der Waals surface area (Å²) in [6.07, 6.45) is 0. The van der Waals surface area contributed by atoms with Crippen LogP contribution in [0, 0.1) is 11.8 Å². The van der Waals surface area contributed by atoms with E-state index < -0.39 is 10.8 Å². The van der Waals surface area contributed by atoms with Gasteiger partial charge < -0.3 is 5.73 Å². The maximum absolute atomic E-state index is 11.1. The van der Waals surface area contributed by atoms with E-state index >= 15 is 0 Å². The minimum absolute atomic E-state index is 0.262. The molecule has 2 N–H and O–H groups in total. The van der Waals surface area contributed by atoms with Gasteiger partial charge in [0, 0.05) is 28.3 Å². The van der Waals surface area contributed by atoms with Gasteiger partial charge in [-0.15, -0.1) is 0 Å². The second kappa shape index (κ2) is 3.01. The minimum atomic E-state index is -0.601. The Morgan fingerprint density at radius 1 is 1.30 bits per heavy atom. The van der Waals surface area contributed by atoms with Gasteiger partial charge in [0.2, 0.25) is 0 Å². The SMILES string of the molecule is CC1CS(=O)CC(C)C1N. The summed E-state index contributed by atoms with van der Waals surface area (Å²) in [5.41, 5.74) is 5.85. The van der Waals surface area contributed by atoms with Crippen LogP contribution in [-0.4, -0.2) is 21.8 Å².